The van der Waals surface area contributed by atoms with Crippen LogP contribution in [-0.4, -0.2) is 89.7 Å². The van der Waals surface area contributed by atoms with Crippen molar-refractivity contribution < 1.29 is 27.4 Å². The molecule has 0 atom stereocenters. The van der Waals surface area contributed by atoms with Crippen molar-refractivity contribution in [3.05, 3.63) is 65.9 Å². The van der Waals surface area contributed by atoms with E-state index in [0.717, 1.165) is 41.4 Å². The van der Waals surface area contributed by atoms with E-state index in [2.05, 4.69) is 17.6 Å². The number of hydrogen-bond acceptors (Lipinski definition) is 5. The third-order valence-corrected chi connectivity index (χ3v) is 9.45. The first kappa shape index (κ1) is 37.8. The van der Waals surface area contributed by atoms with E-state index in [0.29, 0.717) is 57.3 Å². The predicted molar refractivity (Wildman–Crippen MR) is 184 cm³/mol. The molecule has 1 saturated carbocycles. The molecule has 1 aliphatic carbocycles. The van der Waals surface area contributed by atoms with Gasteiger partial charge in [-0.2, -0.15) is 8.42 Å². The number of benzene rings is 2. The molecule has 0 bridgehead atoms. The molecule has 1 fully saturated rings. The van der Waals surface area contributed by atoms with Crippen molar-refractivity contribution in [3.63, 3.8) is 0 Å². The Morgan fingerprint density at radius 1 is 0.935 bits per heavy atom. The number of hydrogen-bond donors (Lipinski definition) is 3. The second-order valence-electron chi connectivity index (χ2n) is 11.8. The van der Waals surface area contributed by atoms with Crippen molar-refractivity contribution in [2.24, 2.45) is 5.92 Å². The molecule has 246 valence electrons. The van der Waals surface area contributed by atoms with Crippen LogP contribution in [0.4, 0.5) is 5.69 Å². The summed E-state index contributed by atoms with van der Waals surface area (Å²) in [5.74, 6) is -0.637. The molecule has 3 N–H and O–H groups in total. The van der Waals surface area contributed by atoms with Gasteiger partial charge in [0.25, 0.3) is 16.0 Å². The van der Waals surface area contributed by atoms with Crippen LogP contribution in [-0.2, 0) is 32.7 Å². The molecule has 3 aromatic rings. The molecule has 0 radical (unpaired) electrons. The zero-order valence-corrected chi connectivity index (χ0v) is 27.2. The number of unbranched alkanes of at least 4 members (excludes halogenated alkanes) is 3. The molecule has 4 rings (SSSR count). The average Bonchev–Trinajstić information content (AvgIpc) is 3.39. The van der Waals surface area contributed by atoms with Crippen LogP contribution in [0.2, 0.25) is 0 Å². The predicted octanol–water partition coefficient (Wildman–Crippen LogP) is 4.46. The molecule has 46 heavy (non-hydrogen) atoms. The number of rotatable bonds is 15. The van der Waals surface area contributed by atoms with Crippen molar-refractivity contribution in [2.45, 2.75) is 84.2 Å². The second-order valence-corrected chi connectivity index (χ2v) is 13.4. The minimum atomic E-state index is -3.91. The van der Waals surface area contributed by atoms with Gasteiger partial charge >= 0.3 is 29.6 Å². The number of carbonyl (C=O) groups excluding carboxylic acids is 3. The van der Waals surface area contributed by atoms with Crippen molar-refractivity contribution in [1.82, 2.24) is 15.2 Å². The van der Waals surface area contributed by atoms with E-state index in [9.17, 15) is 22.8 Å². The number of fused-ring (bicyclic) bond motifs is 1. The number of nitrogens with one attached hydrogen (secondary N) is 2. The monoisotopic (exact) mass is 662 g/mol. The summed E-state index contributed by atoms with van der Waals surface area (Å²) in [6, 6.07) is 17.5. The van der Waals surface area contributed by atoms with Crippen LogP contribution < -0.4 is 15.5 Å². The number of amides is 3. The van der Waals surface area contributed by atoms with Gasteiger partial charge < -0.3 is 20.1 Å². The molecule has 12 heteroatoms. The zero-order valence-electron chi connectivity index (χ0n) is 26.3. The summed E-state index contributed by atoms with van der Waals surface area (Å²) in [4.78, 5) is 41.7. The second kappa shape index (κ2) is 18.0. The Morgan fingerprint density at radius 3 is 2.35 bits per heavy atom. The van der Waals surface area contributed by atoms with E-state index >= 15 is 0 Å². The Hall–Kier alpha value is -2.70. The topological polar surface area (TPSA) is 138 Å². The molecule has 1 heterocycles. The van der Waals surface area contributed by atoms with Crippen LogP contribution in [0.25, 0.3) is 10.9 Å². The third-order valence-electron chi connectivity index (χ3n) is 8.65. The Balaban J connectivity index is 0.00000576. The molecule has 0 spiro atoms. The molecule has 10 nitrogen and oxygen atoms in total. The molecule has 0 aliphatic heterocycles. The quantitative estimate of drug-likeness (QED) is 0.125. The van der Waals surface area contributed by atoms with E-state index < -0.39 is 10.1 Å². The fraction of sp³-hybridized carbons (Fsp3) is 0.500. The summed E-state index contributed by atoms with van der Waals surface area (Å²) in [5.41, 5.74) is 3.28. The summed E-state index contributed by atoms with van der Waals surface area (Å²) in [6.45, 7) is 5.12. The number of para-hydroxylation sites is 1. The van der Waals surface area contributed by atoms with Gasteiger partial charge in [-0.1, -0.05) is 50.1 Å². The number of aryl methyl sites for hydroxylation is 1. The van der Waals surface area contributed by atoms with Crippen LogP contribution in [0.15, 0.2) is 54.6 Å². The Kier molecular flexibility index (Phi) is 14.8. The molecule has 0 unspecified atom stereocenters. The SMILES string of the molecule is CCc1cccc(N(CC)C(=O)Cn2c(C(=O)NC3CCC(C(=O)NCCCCCCS(=O)(=O)O)CC3)cc3ccccc32)c1.[NaH]. The van der Waals surface area contributed by atoms with Crippen molar-refractivity contribution in [1.29, 1.82) is 0 Å². The van der Waals surface area contributed by atoms with Crippen LogP contribution in [0.3, 0.4) is 0 Å². The molecular weight excluding hydrogens is 615 g/mol. The van der Waals surface area contributed by atoms with Gasteiger partial charge in [-0.05, 0) is 81.7 Å². The Bertz CT molecular complexity index is 1580. The number of aromatic nitrogens is 1. The van der Waals surface area contributed by atoms with Crippen LogP contribution >= 0.6 is 0 Å². The van der Waals surface area contributed by atoms with E-state index in [1.54, 1.807) is 9.47 Å². The summed E-state index contributed by atoms with van der Waals surface area (Å²) in [7, 11) is -3.91. The standard InChI is InChI=1S/C34H46N4O6S.Na.H/c1-3-25-12-11-14-29(22-25)37(4-2)32(39)24-38-30-15-8-7-13-27(30)23-31(38)34(41)36-28-18-16-26(17-19-28)33(40)35-20-9-5-6-10-21-45(42,43)44;;/h7-8,11-15,22-23,26,28H,3-6,9-10,16-21,24H2,1-2H3,(H,35,40)(H,36,41)(H,42,43,44);;. The maximum atomic E-state index is 13.6. The number of anilines is 1. The Morgan fingerprint density at radius 2 is 1.65 bits per heavy atom. The molecule has 3 amide bonds. The van der Waals surface area contributed by atoms with E-state index in [1.807, 2.05) is 61.5 Å². The first-order valence-corrected chi connectivity index (χ1v) is 17.7. The molecule has 0 saturated heterocycles. The van der Waals surface area contributed by atoms with Gasteiger partial charge in [0.2, 0.25) is 11.8 Å². The first-order valence-electron chi connectivity index (χ1n) is 16.1. The normalized spacial score (nSPS) is 16.4. The summed E-state index contributed by atoms with van der Waals surface area (Å²) >= 11 is 0. The Labute approximate surface area is 294 Å². The minimum absolute atomic E-state index is 0. The van der Waals surface area contributed by atoms with Gasteiger partial charge in [0.15, 0.2) is 0 Å². The van der Waals surface area contributed by atoms with Gasteiger partial charge in [0, 0.05) is 41.6 Å². The fourth-order valence-corrected chi connectivity index (χ4v) is 6.68. The zero-order chi connectivity index (χ0) is 32.4. The van der Waals surface area contributed by atoms with E-state index in [-0.39, 0.29) is 71.5 Å². The summed E-state index contributed by atoms with van der Waals surface area (Å²) in [5, 5.41) is 7.04. The van der Waals surface area contributed by atoms with E-state index in [1.165, 1.54) is 0 Å². The number of likely N-dealkylation sites (N-methyl/N-ethyl adjacent to an activating group) is 1. The molecule has 2 aromatic carbocycles. The van der Waals surface area contributed by atoms with Crippen molar-refractivity contribution >= 4 is 74.0 Å². The van der Waals surface area contributed by atoms with Gasteiger partial charge in [-0.3, -0.25) is 18.9 Å². The van der Waals surface area contributed by atoms with Crippen LogP contribution in [0.1, 0.15) is 81.3 Å². The van der Waals surface area contributed by atoms with Crippen LogP contribution in [0.5, 0.6) is 0 Å². The van der Waals surface area contributed by atoms with Crippen molar-refractivity contribution in [3.8, 4) is 0 Å². The molecular formula is C34H47N4NaO6S. The molecule has 1 aliphatic rings. The average molecular weight is 663 g/mol. The maximum absolute atomic E-state index is 13.6. The van der Waals surface area contributed by atoms with Gasteiger partial charge in [0.1, 0.15) is 12.2 Å². The number of carbonyl (C=O) groups is 3. The van der Waals surface area contributed by atoms with Gasteiger partial charge in [-0.25, -0.2) is 0 Å². The first-order chi connectivity index (χ1) is 21.6. The summed E-state index contributed by atoms with van der Waals surface area (Å²) < 4.78 is 32.2. The number of nitrogens with zero attached hydrogens (tertiary/aromatic N) is 2. The van der Waals surface area contributed by atoms with E-state index in [4.69, 9.17) is 4.55 Å². The fourth-order valence-electron chi connectivity index (χ4n) is 6.11. The van der Waals surface area contributed by atoms with Gasteiger partial charge in [-0.15, -0.1) is 0 Å². The van der Waals surface area contributed by atoms with Crippen LogP contribution in [0, 0.1) is 5.92 Å². The molecule has 1 aromatic heterocycles. The van der Waals surface area contributed by atoms with Gasteiger partial charge in [0.05, 0.1) is 5.75 Å². The summed E-state index contributed by atoms with van der Waals surface area (Å²) in [6.07, 6.45) is 6.22. The van der Waals surface area contributed by atoms with Crippen molar-refractivity contribution in [2.75, 3.05) is 23.7 Å². The third kappa shape index (κ3) is 10.7.